The van der Waals surface area contributed by atoms with Crippen LogP contribution in [0.5, 0.6) is 0 Å². The molecule has 0 spiro atoms. The SMILES string of the molecule is C=C1CN(C(=O)OC(C)(C)C)/C(=C\C(=C(C#N)C#N)c2ccc(Br)cc2)S1. The van der Waals surface area contributed by atoms with Crippen molar-refractivity contribution in [3.8, 4) is 12.1 Å². The number of hydrogen-bond donors (Lipinski definition) is 0. The summed E-state index contributed by atoms with van der Waals surface area (Å²) in [5, 5.41) is 19.3. The van der Waals surface area contributed by atoms with Crippen LogP contribution in [0, 0.1) is 22.7 Å². The molecule has 0 radical (unpaired) electrons. The fourth-order valence-corrected chi connectivity index (χ4v) is 3.45. The van der Waals surface area contributed by atoms with Gasteiger partial charge in [0.1, 0.15) is 23.3 Å². The first-order valence-electron chi connectivity index (χ1n) is 8.03. The van der Waals surface area contributed by atoms with E-state index in [0.29, 0.717) is 22.7 Å². The highest BCUT2D eigenvalue weighted by Gasteiger charge is 2.31. The van der Waals surface area contributed by atoms with Crippen LogP contribution in [-0.4, -0.2) is 23.1 Å². The van der Waals surface area contributed by atoms with E-state index in [2.05, 4.69) is 22.5 Å². The van der Waals surface area contributed by atoms with Crippen molar-refractivity contribution in [2.24, 2.45) is 0 Å². The number of amides is 1. The van der Waals surface area contributed by atoms with E-state index >= 15 is 0 Å². The van der Waals surface area contributed by atoms with E-state index < -0.39 is 11.7 Å². The minimum atomic E-state index is -0.633. The zero-order valence-corrected chi connectivity index (χ0v) is 17.6. The number of nitrogens with zero attached hydrogens (tertiary/aromatic N) is 3. The highest BCUT2D eigenvalue weighted by atomic mass is 79.9. The topological polar surface area (TPSA) is 77.1 Å². The molecule has 1 aliphatic rings. The smallest absolute Gasteiger partial charge is 0.415 e. The van der Waals surface area contributed by atoms with E-state index in [1.165, 1.54) is 16.7 Å². The first-order valence-corrected chi connectivity index (χ1v) is 9.64. The van der Waals surface area contributed by atoms with E-state index in [-0.39, 0.29) is 5.57 Å². The second-order valence-corrected chi connectivity index (χ2v) is 8.82. The van der Waals surface area contributed by atoms with E-state index in [1.54, 1.807) is 39.0 Å². The number of rotatable bonds is 2. The standard InChI is InChI=1S/C20H18BrN3O2S/c1-13-12-24(19(25)26-20(2,3)4)18(27-13)9-17(15(10-22)11-23)14-5-7-16(21)8-6-14/h5-9H,1,12H2,2-4H3/b18-9+. The molecule has 0 aliphatic carbocycles. The first kappa shape index (κ1) is 20.8. The number of benzene rings is 1. The molecule has 0 aromatic heterocycles. The Morgan fingerprint density at radius 1 is 1.30 bits per heavy atom. The number of nitriles is 2. The third kappa shape index (κ3) is 5.50. The van der Waals surface area contributed by atoms with Crippen molar-refractivity contribution in [3.63, 3.8) is 0 Å². The lowest BCUT2D eigenvalue weighted by molar-refractivity contribution is 0.0350. The summed E-state index contributed by atoms with van der Waals surface area (Å²) in [4.78, 5) is 14.8. The molecule has 0 atom stereocenters. The molecule has 27 heavy (non-hydrogen) atoms. The number of hydrogen-bond acceptors (Lipinski definition) is 5. The summed E-state index contributed by atoms with van der Waals surface area (Å²) < 4.78 is 6.34. The van der Waals surface area contributed by atoms with Gasteiger partial charge in [-0.15, -0.1) is 0 Å². The molecule has 0 N–H and O–H groups in total. The fourth-order valence-electron chi connectivity index (χ4n) is 2.27. The molecule has 138 valence electrons. The predicted molar refractivity (Wildman–Crippen MR) is 110 cm³/mol. The molecule has 1 amide bonds. The largest absolute Gasteiger partial charge is 0.443 e. The maximum Gasteiger partial charge on any atom is 0.415 e. The Bertz CT molecular complexity index is 897. The van der Waals surface area contributed by atoms with Crippen molar-refractivity contribution in [1.82, 2.24) is 4.90 Å². The minimum absolute atomic E-state index is 0.0351. The molecular weight excluding hydrogens is 426 g/mol. The Morgan fingerprint density at radius 2 is 1.89 bits per heavy atom. The van der Waals surface area contributed by atoms with Gasteiger partial charge in [0.15, 0.2) is 0 Å². The van der Waals surface area contributed by atoms with Crippen molar-refractivity contribution in [3.05, 3.63) is 62.5 Å². The van der Waals surface area contributed by atoms with Crippen molar-refractivity contribution < 1.29 is 9.53 Å². The lowest BCUT2D eigenvalue weighted by Crippen LogP contribution is -2.34. The summed E-state index contributed by atoms with van der Waals surface area (Å²) in [5.41, 5.74) is 0.474. The molecule has 1 heterocycles. The maximum absolute atomic E-state index is 12.5. The minimum Gasteiger partial charge on any atom is -0.443 e. The van der Waals surface area contributed by atoms with Crippen molar-refractivity contribution in [1.29, 1.82) is 10.5 Å². The molecule has 1 aliphatic heterocycles. The van der Waals surface area contributed by atoms with Crippen LogP contribution in [0.3, 0.4) is 0 Å². The molecule has 1 aromatic rings. The highest BCUT2D eigenvalue weighted by Crippen LogP contribution is 2.39. The Kier molecular flexibility index (Phi) is 6.54. The third-order valence-corrected chi connectivity index (χ3v) is 4.87. The van der Waals surface area contributed by atoms with Crippen molar-refractivity contribution in [2.45, 2.75) is 26.4 Å². The Morgan fingerprint density at radius 3 is 2.41 bits per heavy atom. The van der Waals surface area contributed by atoms with E-state index in [0.717, 1.165) is 9.38 Å². The molecule has 1 aromatic carbocycles. The van der Waals surface area contributed by atoms with Crippen LogP contribution in [0.15, 0.2) is 56.9 Å². The summed E-state index contributed by atoms with van der Waals surface area (Å²) in [5.74, 6) is 0. The number of halogens is 1. The number of ether oxygens (including phenoxy) is 1. The Balaban J connectivity index is 2.51. The molecule has 1 saturated heterocycles. The summed E-state index contributed by atoms with van der Waals surface area (Å²) >= 11 is 4.69. The number of carbonyl (C=O) groups excluding carboxylic acids is 1. The molecule has 0 unspecified atom stereocenters. The fraction of sp³-hybridized carbons (Fsp3) is 0.250. The van der Waals surface area contributed by atoms with Crippen molar-refractivity contribution >= 4 is 39.4 Å². The summed E-state index contributed by atoms with van der Waals surface area (Å²) in [7, 11) is 0. The maximum atomic E-state index is 12.5. The van der Waals surface area contributed by atoms with Gasteiger partial charge in [-0.3, -0.25) is 4.90 Å². The Labute approximate surface area is 171 Å². The average molecular weight is 444 g/mol. The zero-order chi connectivity index (χ0) is 20.2. The third-order valence-electron chi connectivity index (χ3n) is 3.38. The van der Waals surface area contributed by atoms with Gasteiger partial charge in [0.05, 0.1) is 11.6 Å². The lowest BCUT2D eigenvalue weighted by Gasteiger charge is -2.24. The van der Waals surface area contributed by atoms with Gasteiger partial charge in [-0.25, -0.2) is 4.79 Å². The first-order chi connectivity index (χ1) is 12.6. The van der Waals surface area contributed by atoms with Crippen molar-refractivity contribution in [2.75, 3.05) is 6.54 Å². The van der Waals surface area contributed by atoms with Gasteiger partial charge in [0.25, 0.3) is 0 Å². The van der Waals surface area contributed by atoms with E-state index in [9.17, 15) is 15.3 Å². The predicted octanol–water partition coefficient (Wildman–Crippen LogP) is 5.59. The second-order valence-electron chi connectivity index (χ2n) is 6.71. The van der Waals surface area contributed by atoms with Gasteiger partial charge < -0.3 is 4.74 Å². The van der Waals surface area contributed by atoms with Gasteiger partial charge in [0.2, 0.25) is 0 Å². The molecule has 5 nitrogen and oxygen atoms in total. The van der Waals surface area contributed by atoms with Crippen LogP contribution < -0.4 is 0 Å². The molecule has 1 fully saturated rings. The lowest BCUT2D eigenvalue weighted by atomic mass is 10.0. The van der Waals surface area contributed by atoms with E-state index in [4.69, 9.17) is 4.74 Å². The molecule has 7 heteroatoms. The zero-order valence-electron chi connectivity index (χ0n) is 15.2. The number of carbonyl (C=O) groups is 1. The van der Waals surface area contributed by atoms with Gasteiger partial charge in [-0.2, -0.15) is 10.5 Å². The monoisotopic (exact) mass is 443 g/mol. The van der Waals surface area contributed by atoms with Crippen LogP contribution in [0.4, 0.5) is 4.79 Å². The quantitative estimate of drug-likeness (QED) is 0.556. The molecule has 0 saturated carbocycles. The summed E-state index contributed by atoms with van der Waals surface area (Å²) in [6.45, 7) is 9.63. The van der Waals surface area contributed by atoms with Crippen LogP contribution in [0.2, 0.25) is 0 Å². The van der Waals surface area contributed by atoms with Gasteiger partial charge in [0, 0.05) is 15.0 Å². The summed E-state index contributed by atoms with van der Waals surface area (Å²) in [6, 6.07) is 11.1. The molecule has 2 rings (SSSR count). The van der Waals surface area contributed by atoms with Crippen LogP contribution in [-0.2, 0) is 4.74 Å². The van der Waals surface area contributed by atoms with E-state index in [1.807, 2.05) is 24.3 Å². The number of allylic oxidation sites excluding steroid dienone is 3. The Hall–Kier alpha value is -2.48. The van der Waals surface area contributed by atoms with Gasteiger partial charge in [-0.05, 0) is 44.5 Å². The summed E-state index contributed by atoms with van der Waals surface area (Å²) in [6.07, 6.45) is 1.17. The van der Waals surface area contributed by atoms with Crippen LogP contribution in [0.25, 0.3) is 5.57 Å². The van der Waals surface area contributed by atoms with Gasteiger partial charge in [-0.1, -0.05) is 46.4 Å². The molecule has 0 bridgehead atoms. The average Bonchev–Trinajstić information content (AvgIpc) is 2.95. The second kappa shape index (κ2) is 8.47. The van der Waals surface area contributed by atoms with Gasteiger partial charge >= 0.3 is 6.09 Å². The molecular formula is C20H18BrN3O2S. The van der Waals surface area contributed by atoms with Crippen LogP contribution in [0.1, 0.15) is 26.3 Å². The highest BCUT2D eigenvalue weighted by molar-refractivity contribution is 9.10. The normalized spacial score (nSPS) is 15.3. The van der Waals surface area contributed by atoms with Crippen LogP contribution >= 0.6 is 27.7 Å². The number of thioether (sulfide) groups is 1.